The number of halogens is 3. The van der Waals surface area contributed by atoms with Crippen molar-refractivity contribution in [3.05, 3.63) is 137 Å². The molecule has 1 fully saturated rings. The monoisotopic (exact) mass is 761 g/mol. The number of carbonyl (C=O) groups excluding carboxylic acids is 2. The van der Waals surface area contributed by atoms with E-state index in [1.54, 1.807) is 56.5 Å². The zero-order valence-electron chi connectivity index (χ0n) is 29.5. The number of benzene rings is 3. The molecule has 3 aromatic carbocycles. The number of nitrogens with one attached hydrogen (secondary N) is 1. The van der Waals surface area contributed by atoms with Crippen molar-refractivity contribution in [2.45, 2.75) is 48.9 Å². The van der Waals surface area contributed by atoms with Crippen molar-refractivity contribution >= 4 is 29.8 Å². The first-order chi connectivity index (χ1) is 26.1. The highest BCUT2D eigenvalue weighted by Crippen LogP contribution is 2.42. The largest absolute Gasteiger partial charge is 0.461 e. The highest BCUT2D eigenvalue weighted by Gasteiger charge is 2.47. The third-order valence-electron chi connectivity index (χ3n) is 8.46. The first-order valence-corrected chi connectivity index (χ1v) is 17.9. The van der Waals surface area contributed by atoms with Gasteiger partial charge in [0.2, 0.25) is 0 Å². The van der Waals surface area contributed by atoms with Gasteiger partial charge < -0.3 is 24.3 Å². The second kappa shape index (κ2) is 19.2. The van der Waals surface area contributed by atoms with Gasteiger partial charge in [0.1, 0.15) is 36.7 Å². The molecule has 0 bridgehead atoms. The summed E-state index contributed by atoms with van der Waals surface area (Å²) >= 11 is 1.33. The molecule has 1 aromatic heterocycles. The van der Waals surface area contributed by atoms with Crippen molar-refractivity contribution in [2.24, 2.45) is 0 Å². The molecule has 1 saturated heterocycles. The van der Waals surface area contributed by atoms with Gasteiger partial charge >= 0.3 is 11.9 Å². The molecular weight excluding hydrogens is 724 g/mol. The summed E-state index contributed by atoms with van der Waals surface area (Å²) in [7, 11) is 1.71. The van der Waals surface area contributed by atoms with E-state index < -0.39 is 46.5 Å². The van der Waals surface area contributed by atoms with E-state index in [1.165, 1.54) is 53.4 Å². The van der Waals surface area contributed by atoms with Gasteiger partial charge in [-0.05, 0) is 50.4 Å². The number of carbonyl (C=O) groups is 2. The summed E-state index contributed by atoms with van der Waals surface area (Å²) in [6.07, 6.45) is 8.59. The van der Waals surface area contributed by atoms with E-state index in [1.807, 2.05) is 6.07 Å². The standard InChI is InChI=1S/C39H38F3N5O6S/c1-26(54-31-21-51-37(52-22-31)10-6-4-7-28-12-11-27(19-43)17-34(28)41)39(23-47-25-45-24-46-47,33-14-13-30(40)18-35(33)42)53-38(49)32-9-5-3-8-29(32)20-50-36(48)15-16-44-2/h3-14,17-18,24-26,31,37,44H,15-16,20-23H2,1-2H3. The Kier molecular flexibility index (Phi) is 14.2. The number of nitriles is 1. The molecule has 2 heterocycles. The Morgan fingerprint density at radius 3 is 2.61 bits per heavy atom. The van der Waals surface area contributed by atoms with Crippen molar-refractivity contribution in [3.63, 3.8) is 0 Å². The fourth-order valence-electron chi connectivity index (χ4n) is 5.65. The van der Waals surface area contributed by atoms with Crippen LogP contribution in [-0.4, -0.2) is 70.3 Å². The fourth-order valence-corrected chi connectivity index (χ4v) is 7.01. The molecule has 15 heteroatoms. The van der Waals surface area contributed by atoms with Gasteiger partial charge in [-0.3, -0.25) is 4.79 Å². The molecular formula is C39H38F3N5O6S. The van der Waals surface area contributed by atoms with Crippen LogP contribution in [0.5, 0.6) is 0 Å². The predicted octanol–water partition coefficient (Wildman–Crippen LogP) is 6.11. The lowest BCUT2D eigenvalue weighted by Crippen LogP contribution is -2.47. The number of hydrogen-bond acceptors (Lipinski definition) is 11. The molecule has 0 aliphatic carbocycles. The second-order valence-electron chi connectivity index (χ2n) is 12.2. The minimum Gasteiger partial charge on any atom is -0.461 e. The Hall–Kier alpha value is -5.27. The molecule has 0 spiro atoms. The van der Waals surface area contributed by atoms with Gasteiger partial charge in [0.25, 0.3) is 0 Å². The lowest BCUT2D eigenvalue weighted by atomic mass is 9.89. The SMILES string of the molecule is CNCCC(=O)OCc1ccccc1C(=O)OC(Cn1cncn1)(c1ccc(F)cc1F)C(C)SC1COC(C=CC=Cc2ccc(C#N)cc2F)OC1. The number of aromatic nitrogens is 3. The van der Waals surface area contributed by atoms with Gasteiger partial charge in [-0.25, -0.2) is 27.6 Å². The molecule has 5 rings (SSSR count). The molecule has 1 N–H and O–H groups in total. The summed E-state index contributed by atoms with van der Waals surface area (Å²) in [5.41, 5.74) is -0.867. The maximum absolute atomic E-state index is 15.9. The molecule has 0 amide bonds. The van der Waals surface area contributed by atoms with Crippen molar-refractivity contribution in [3.8, 4) is 6.07 Å². The van der Waals surface area contributed by atoms with E-state index in [-0.39, 0.29) is 54.7 Å². The lowest BCUT2D eigenvalue weighted by Gasteiger charge is -2.40. The van der Waals surface area contributed by atoms with Crippen LogP contribution in [0.4, 0.5) is 13.2 Å². The van der Waals surface area contributed by atoms with Gasteiger partial charge in [0, 0.05) is 34.6 Å². The van der Waals surface area contributed by atoms with E-state index in [0.717, 1.165) is 18.2 Å². The van der Waals surface area contributed by atoms with Gasteiger partial charge in [0.15, 0.2) is 11.9 Å². The number of esters is 2. The molecule has 2 unspecified atom stereocenters. The number of nitrogens with zero attached hydrogens (tertiary/aromatic N) is 4. The first kappa shape index (κ1) is 39.9. The topological polar surface area (TPSA) is 138 Å². The van der Waals surface area contributed by atoms with Crippen LogP contribution in [0, 0.1) is 28.8 Å². The Morgan fingerprint density at radius 2 is 1.91 bits per heavy atom. The Bertz CT molecular complexity index is 2000. The smallest absolute Gasteiger partial charge is 0.339 e. The summed E-state index contributed by atoms with van der Waals surface area (Å²) in [6.45, 7) is 2.20. The Morgan fingerprint density at radius 1 is 1.11 bits per heavy atom. The summed E-state index contributed by atoms with van der Waals surface area (Å²) in [5.74, 6) is -3.56. The maximum Gasteiger partial charge on any atom is 0.339 e. The predicted molar refractivity (Wildman–Crippen MR) is 194 cm³/mol. The summed E-state index contributed by atoms with van der Waals surface area (Å²) in [4.78, 5) is 30.4. The fraction of sp³-hybridized carbons (Fsp3) is 0.308. The molecule has 1 aliphatic rings. The van der Waals surface area contributed by atoms with Crippen LogP contribution in [0.1, 0.15) is 46.0 Å². The molecule has 282 valence electrons. The molecule has 4 aromatic rings. The average molecular weight is 762 g/mol. The molecule has 11 nitrogen and oxygen atoms in total. The Balaban J connectivity index is 1.36. The van der Waals surface area contributed by atoms with E-state index in [2.05, 4.69) is 15.4 Å². The lowest BCUT2D eigenvalue weighted by molar-refractivity contribution is -0.146. The molecule has 2 atom stereocenters. The van der Waals surface area contributed by atoms with Gasteiger partial charge in [0.05, 0.1) is 48.6 Å². The van der Waals surface area contributed by atoms with Crippen molar-refractivity contribution in [1.82, 2.24) is 20.1 Å². The zero-order chi connectivity index (χ0) is 38.5. The Labute approximate surface area is 314 Å². The first-order valence-electron chi connectivity index (χ1n) is 16.9. The highest BCUT2D eigenvalue weighted by atomic mass is 32.2. The van der Waals surface area contributed by atoms with E-state index in [4.69, 9.17) is 24.2 Å². The molecule has 1 aliphatic heterocycles. The quantitative estimate of drug-likeness (QED) is 0.105. The van der Waals surface area contributed by atoms with Crippen LogP contribution >= 0.6 is 11.8 Å². The summed E-state index contributed by atoms with van der Waals surface area (Å²) in [5, 5.41) is 15.0. The third kappa shape index (κ3) is 10.4. The average Bonchev–Trinajstić information content (AvgIpc) is 3.68. The van der Waals surface area contributed by atoms with E-state index >= 15 is 4.39 Å². The van der Waals surface area contributed by atoms with Crippen LogP contribution in [0.3, 0.4) is 0 Å². The normalized spacial score (nSPS) is 17.6. The summed E-state index contributed by atoms with van der Waals surface area (Å²) in [6, 6.07) is 15.6. The van der Waals surface area contributed by atoms with Crippen LogP contribution < -0.4 is 5.32 Å². The van der Waals surface area contributed by atoms with E-state index in [9.17, 15) is 18.4 Å². The van der Waals surface area contributed by atoms with Crippen LogP contribution in [0.15, 0.2) is 91.5 Å². The molecule has 0 radical (unpaired) electrons. The van der Waals surface area contributed by atoms with Crippen molar-refractivity contribution in [1.29, 1.82) is 5.26 Å². The zero-order valence-corrected chi connectivity index (χ0v) is 30.3. The highest BCUT2D eigenvalue weighted by molar-refractivity contribution is 8.00. The van der Waals surface area contributed by atoms with Crippen LogP contribution in [-0.2, 0) is 42.5 Å². The van der Waals surface area contributed by atoms with Gasteiger partial charge in [-0.2, -0.15) is 10.4 Å². The van der Waals surface area contributed by atoms with E-state index in [0.29, 0.717) is 17.7 Å². The maximum atomic E-state index is 15.9. The number of hydrogen-bond donors (Lipinski definition) is 1. The van der Waals surface area contributed by atoms with Crippen molar-refractivity contribution in [2.75, 3.05) is 26.8 Å². The van der Waals surface area contributed by atoms with Crippen LogP contribution in [0.2, 0.25) is 0 Å². The number of thioether (sulfide) groups is 1. The van der Waals surface area contributed by atoms with Gasteiger partial charge in [-0.1, -0.05) is 42.5 Å². The number of rotatable bonds is 16. The third-order valence-corrected chi connectivity index (χ3v) is 9.91. The van der Waals surface area contributed by atoms with Crippen molar-refractivity contribution < 1.29 is 41.7 Å². The molecule has 54 heavy (non-hydrogen) atoms. The number of ether oxygens (including phenoxy) is 4. The number of allylic oxidation sites excluding steroid dienone is 2. The minimum atomic E-state index is -1.79. The molecule has 0 saturated carbocycles. The summed E-state index contributed by atoms with van der Waals surface area (Å²) < 4.78 is 69.4. The van der Waals surface area contributed by atoms with Gasteiger partial charge in [-0.15, -0.1) is 11.8 Å². The van der Waals surface area contributed by atoms with Crippen LogP contribution in [0.25, 0.3) is 6.08 Å². The second-order valence-corrected chi connectivity index (χ2v) is 13.8. The minimum absolute atomic E-state index is 0.0901.